The molecule has 0 saturated heterocycles. The van der Waals surface area contributed by atoms with Gasteiger partial charge in [0.2, 0.25) is 0 Å². The third-order valence-corrected chi connectivity index (χ3v) is 5.44. The lowest BCUT2D eigenvalue weighted by atomic mass is 9.74. The molecule has 3 unspecified atom stereocenters. The maximum Gasteiger partial charge on any atom is 0.0324 e. The monoisotopic (exact) mass is 280 g/mol. The standard InChI is InChI=1S/C16H28N2S/c1-12(2)13-6-7-16(17)14(9-13)10-18(3)11-15-5-4-8-19-15/h4-5,8,12-14,16H,6-7,9-11,17H2,1-3H3. The molecule has 1 fully saturated rings. The Labute approximate surface area is 122 Å². The van der Waals surface area contributed by atoms with E-state index in [1.54, 1.807) is 0 Å². The van der Waals surface area contributed by atoms with Crippen molar-refractivity contribution in [1.29, 1.82) is 0 Å². The van der Waals surface area contributed by atoms with Crippen molar-refractivity contribution in [2.45, 2.75) is 45.7 Å². The van der Waals surface area contributed by atoms with Crippen LogP contribution in [-0.4, -0.2) is 24.5 Å². The van der Waals surface area contributed by atoms with Gasteiger partial charge in [0.15, 0.2) is 0 Å². The molecule has 2 N–H and O–H groups in total. The normalized spacial score (nSPS) is 28.2. The summed E-state index contributed by atoms with van der Waals surface area (Å²) in [4.78, 5) is 3.89. The Morgan fingerprint density at radius 3 is 2.84 bits per heavy atom. The van der Waals surface area contributed by atoms with Crippen LogP contribution in [0.5, 0.6) is 0 Å². The van der Waals surface area contributed by atoms with Gasteiger partial charge in [-0.3, -0.25) is 0 Å². The Balaban J connectivity index is 1.85. The van der Waals surface area contributed by atoms with Crippen molar-refractivity contribution in [1.82, 2.24) is 4.90 Å². The van der Waals surface area contributed by atoms with Crippen LogP contribution in [0.15, 0.2) is 17.5 Å². The predicted molar refractivity (Wildman–Crippen MR) is 84.3 cm³/mol. The molecule has 1 aliphatic carbocycles. The summed E-state index contributed by atoms with van der Waals surface area (Å²) in [6.07, 6.45) is 3.85. The van der Waals surface area contributed by atoms with Crippen LogP contribution in [0, 0.1) is 17.8 Å². The summed E-state index contributed by atoms with van der Waals surface area (Å²) >= 11 is 1.85. The van der Waals surface area contributed by atoms with Crippen molar-refractivity contribution >= 4 is 11.3 Å². The van der Waals surface area contributed by atoms with Crippen LogP contribution in [0.4, 0.5) is 0 Å². The van der Waals surface area contributed by atoms with Crippen LogP contribution in [0.3, 0.4) is 0 Å². The van der Waals surface area contributed by atoms with Gasteiger partial charge in [0.1, 0.15) is 0 Å². The predicted octanol–water partition coefficient (Wildman–Crippen LogP) is 3.58. The maximum absolute atomic E-state index is 6.34. The summed E-state index contributed by atoms with van der Waals surface area (Å²) in [7, 11) is 2.23. The van der Waals surface area contributed by atoms with E-state index in [2.05, 4.69) is 43.3 Å². The molecule has 0 amide bonds. The fraction of sp³-hybridized carbons (Fsp3) is 0.750. The summed E-state index contributed by atoms with van der Waals surface area (Å²) in [5.74, 6) is 2.35. The van der Waals surface area contributed by atoms with Crippen LogP contribution in [-0.2, 0) is 6.54 Å². The Bertz CT molecular complexity index is 361. The number of nitrogens with zero attached hydrogens (tertiary/aromatic N) is 1. The van der Waals surface area contributed by atoms with E-state index in [0.717, 1.165) is 24.9 Å². The van der Waals surface area contributed by atoms with Crippen LogP contribution in [0.1, 0.15) is 38.0 Å². The Hall–Kier alpha value is -0.380. The minimum absolute atomic E-state index is 0.404. The molecule has 1 aliphatic rings. The Kier molecular flexibility index (Phi) is 5.43. The summed E-state index contributed by atoms with van der Waals surface area (Å²) in [6, 6.07) is 4.76. The highest BCUT2D eigenvalue weighted by atomic mass is 32.1. The van der Waals surface area contributed by atoms with Crippen molar-refractivity contribution in [3.8, 4) is 0 Å². The molecule has 0 bridgehead atoms. The number of thiophene rings is 1. The first-order valence-electron chi connectivity index (χ1n) is 7.52. The average molecular weight is 280 g/mol. The van der Waals surface area contributed by atoms with Gasteiger partial charge >= 0.3 is 0 Å². The molecule has 0 aliphatic heterocycles. The van der Waals surface area contributed by atoms with E-state index in [-0.39, 0.29) is 0 Å². The van der Waals surface area contributed by atoms with E-state index in [1.165, 1.54) is 24.1 Å². The Morgan fingerprint density at radius 1 is 1.42 bits per heavy atom. The van der Waals surface area contributed by atoms with Crippen molar-refractivity contribution in [3.05, 3.63) is 22.4 Å². The van der Waals surface area contributed by atoms with Gasteiger partial charge in [-0.1, -0.05) is 19.9 Å². The molecule has 1 heterocycles. The van der Waals surface area contributed by atoms with Crippen molar-refractivity contribution in [3.63, 3.8) is 0 Å². The lowest BCUT2D eigenvalue weighted by Gasteiger charge is -2.38. The van der Waals surface area contributed by atoms with Crippen molar-refractivity contribution in [2.24, 2.45) is 23.5 Å². The molecule has 1 aromatic heterocycles. The van der Waals surface area contributed by atoms with Gasteiger partial charge in [-0.05, 0) is 55.5 Å². The smallest absolute Gasteiger partial charge is 0.0324 e. The maximum atomic E-state index is 6.34. The second kappa shape index (κ2) is 6.87. The quantitative estimate of drug-likeness (QED) is 0.893. The molecule has 108 valence electrons. The summed E-state index contributed by atoms with van der Waals surface area (Å²) < 4.78 is 0. The largest absolute Gasteiger partial charge is 0.327 e. The van der Waals surface area contributed by atoms with Gasteiger partial charge in [0.05, 0.1) is 0 Å². The van der Waals surface area contributed by atoms with Gasteiger partial charge in [-0.2, -0.15) is 0 Å². The van der Waals surface area contributed by atoms with Gasteiger partial charge in [0.25, 0.3) is 0 Å². The second-order valence-electron chi connectivity index (χ2n) is 6.52. The molecule has 19 heavy (non-hydrogen) atoms. The van der Waals surface area contributed by atoms with Gasteiger partial charge in [-0.25, -0.2) is 0 Å². The highest BCUT2D eigenvalue weighted by Crippen LogP contribution is 2.33. The summed E-state index contributed by atoms with van der Waals surface area (Å²) in [5.41, 5.74) is 6.34. The summed E-state index contributed by atoms with van der Waals surface area (Å²) in [6.45, 7) is 6.91. The molecule has 2 nitrogen and oxygen atoms in total. The van der Waals surface area contributed by atoms with Gasteiger partial charge < -0.3 is 10.6 Å². The van der Waals surface area contributed by atoms with Crippen molar-refractivity contribution in [2.75, 3.05) is 13.6 Å². The lowest BCUT2D eigenvalue weighted by Crippen LogP contribution is -2.42. The second-order valence-corrected chi connectivity index (χ2v) is 7.55. The molecular weight excluding hydrogens is 252 g/mol. The molecule has 0 aromatic carbocycles. The lowest BCUT2D eigenvalue weighted by molar-refractivity contribution is 0.147. The molecule has 1 aromatic rings. The number of hydrogen-bond donors (Lipinski definition) is 1. The highest BCUT2D eigenvalue weighted by Gasteiger charge is 2.30. The molecule has 2 rings (SSSR count). The molecule has 0 spiro atoms. The van der Waals surface area contributed by atoms with Gasteiger partial charge in [0, 0.05) is 24.0 Å². The number of nitrogens with two attached hydrogens (primary N) is 1. The van der Waals surface area contributed by atoms with Crippen LogP contribution in [0.25, 0.3) is 0 Å². The van der Waals surface area contributed by atoms with Crippen molar-refractivity contribution < 1.29 is 0 Å². The zero-order valence-electron chi connectivity index (χ0n) is 12.5. The van der Waals surface area contributed by atoms with E-state index in [9.17, 15) is 0 Å². The molecule has 3 atom stereocenters. The van der Waals surface area contributed by atoms with Crippen LogP contribution in [0.2, 0.25) is 0 Å². The van der Waals surface area contributed by atoms with Crippen LogP contribution < -0.4 is 5.73 Å². The molecule has 1 saturated carbocycles. The number of rotatable bonds is 5. The molecule has 3 heteroatoms. The fourth-order valence-corrected chi connectivity index (χ4v) is 4.06. The van der Waals surface area contributed by atoms with E-state index in [0.29, 0.717) is 12.0 Å². The molecule has 0 radical (unpaired) electrons. The highest BCUT2D eigenvalue weighted by molar-refractivity contribution is 7.09. The van der Waals surface area contributed by atoms with E-state index < -0.39 is 0 Å². The third-order valence-electron chi connectivity index (χ3n) is 4.58. The zero-order valence-corrected chi connectivity index (χ0v) is 13.3. The SMILES string of the molecule is CC(C)C1CCC(N)C(CN(C)Cc2cccs2)C1. The minimum atomic E-state index is 0.404. The summed E-state index contributed by atoms with van der Waals surface area (Å²) in [5, 5.41) is 2.16. The van der Waals surface area contributed by atoms with E-state index in [1.807, 2.05) is 11.3 Å². The Morgan fingerprint density at radius 2 is 2.21 bits per heavy atom. The van der Waals surface area contributed by atoms with Gasteiger partial charge in [-0.15, -0.1) is 11.3 Å². The number of hydrogen-bond acceptors (Lipinski definition) is 3. The fourth-order valence-electron chi connectivity index (χ4n) is 3.27. The zero-order chi connectivity index (χ0) is 13.8. The van der Waals surface area contributed by atoms with Crippen LogP contribution >= 0.6 is 11.3 Å². The third kappa shape index (κ3) is 4.30. The van der Waals surface area contributed by atoms with E-state index >= 15 is 0 Å². The topological polar surface area (TPSA) is 29.3 Å². The first-order chi connectivity index (χ1) is 9.06. The van der Waals surface area contributed by atoms with E-state index in [4.69, 9.17) is 5.73 Å². The first kappa shape index (κ1) is 15.0. The molecular formula is C16H28N2S. The average Bonchev–Trinajstić information content (AvgIpc) is 2.84. The first-order valence-corrected chi connectivity index (χ1v) is 8.40. The minimum Gasteiger partial charge on any atom is -0.327 e.